The molecule has 1 aromatic rings. The molecule has 1 fully saturated rings. The number of pyridine rings is 1. The first-order valence-electron chi connectivity index (χ1n) is 7.89. The van der Waals surface area contributed by atoms with E-state index < -0.39 is 5.60 Å². The second-order valence-corrected chi connectivity index (χ2v) is 7.05. The van der Waals surface area contributed by atoms with Gasteiger partial charge in [0.15, 0.2) is 0 Å². The summed E-state index contributed by atoms with van der Waals surface area (Å²) < 4.78 is 5.57. The smallest absolute Gasteiger partial charge is 0.410 e. The molecule has 0 aromatic carbocycles. The number of nitrogens with zero attached hydrogens (tertiary/aromatic N) is 2. The zero-order valence-electron chi connectivity index (χ0n) is 14.1. The van der Waals surface area contributed by atoms with Gasteiger partial charge in [-0.1, -0.05) is 6.07 Å². The van der Waals surface area contributed by atoms with Crippen molar-refractivity contribution >= 4 is 6.09 Å². The molecule has 2 rings (SSSR count). The van der Waals surface area contributed by atoms with Crippen molar-refractivity contribution in [2.45, 2.75) is 51.2 Å². The van der Waals surface area contributed by atoms with Crippen LogP contribution in [0.2, 0.25) is 0 Å². The number of piperidine rings is 1. The predicted octanol–water partition coefficient (Wildman–Crippen LogP) is 2.61. The van der Waals surface area contributed by atoms with Crippen molar-refractivity contribution in [2.75, 3.05) is 20.1 Å². The average Bonchev–Trinajstić information content (AvgIpc) is 2.46. The minimum absolute atomic E-state index is 0.212. The monoisotopic (exact) mass is 305 g/mol. The quantitative estimate of drug-likeness (QED) is 0.932. The molecule has 0 atom stereocenters. The Bertz CT molecular complexity index is 490. The van der Waals surface area contributed by atoms with Crippen LogP contribution in [0.1, 0.15) is 39.2 Å². The second kappa shape index (κ2) is 6.65. The molecule has 1 amide bonds. The fraction of sp³-hybridized carbons (Fsp3) is 0.647. The fourth-order valence-electron chi connectivity index (χ4n) is 2.93. The molecular weight excluding hydrogens is 278 g/mol. The third-order valence-electron chi connectivity index (χ3n) is 4.17. The molecule has 5 heteroatoms. The topological polar surface area (TPSA) is 54.5 Å². The van der Waals surface area contributed by atoms with Gasteiger partial charge in [-0.05, 0) is 64.8 Å². The Labute approximate surface area is 133 Å². The lowest BCUT2D eigenvalue weighted by Gasteiger charge is -2.45. The second-order valence-electron chi connectivity index (χ2n) is 7.05. The fourth-order valence-corrected chi connectivity index (χ4v) is 2.93. The molecule has 0 aliphatic carbocycles. The molecule has 22 heavy (non-hydrogen) atoms. The molecule has 0 spiro atoms. The van der Waals surface area contributed by atoms with Gasteiger partial charge in [0.1, 0.15) is 5.60 Å². The Morgan fingerprint density at radius 2 is 2.09 bits per heavy atom. The zero-order chi connectivity index (χ0) is 16.2. The van der Waals surface area contributed by atoms with E-state index in [-0.39, 0.29) is 11.6 Å². The molecule has 1 N–H and O–H groups in total. The SMILES string of the molecule is CN(C(=O)OC(C)(C)C)C1(Cc2cccnc2)CCNCC1. The molecule has 1 aliphatic rings. The molecule has 0 radical (unpaired) electrons. The Kier molecular flexibility index (Phi) is 5.06. The maximum absolute atomic E-state index is 12.5. The first kappa shape index (κ1) is 16.7. The summed E-state index contributed by atoms with van der Waals surface area (Å²) in [5, 5.41) is 3.37. The van der Waals surface area contributed by atoms with E-state index in [0.717, 1.165) is 37.9 Å². The summed E-state index contributed by atoms with van der Waals surface area (Å²) >= 11 is 0. The van der Waals surface area contributed by atoms with E-state index in [2.05, 4.69) is 16.4 Å². The van der Waals surface area contributed by atoms with Crippen LogP contribution >= 0.6 is 0 Å². The number of aromatic nitrogens is 1. The maximum atomic E-state index is 12.5. The summed E-state index contributed by atoms with van der Waals surface area (Å²) in [6.07, 6.45) is 6.04. The molecule has 1 aliphatic heterocycles. The minimum atomic E-state index is -0.478. The van der Waals surface area contributed by atoms with Crippen molar-refractivity contribution in [2.24, 2.45) is 0 Å². The summed E-state index contributed by atoms with van der Waals surface area (Å²) in [7, 11) is 1.86. The number of likely N-dealkylation sites (N-methyl/N-ethyl adjacent to an activating group) is 1. The average molecular weight is 305 g/mol. The van der Waals surface area contributed by atoms with Crippen LogP contribution in [0.5, 0.6) is 0 Å². The number of rotatable bonds is 3. The highest BCUT2D eigenvalue weighted by Gasteiger charge is 2.40. The largest absolute Gasteiger partial charge is 0.444 e. The maximum Gasteiger partial charge on any atom is 0.410 e. The number of carbonyl (C=O) groups excluding carboxylic acids is 1. The molecule has 0 bridgehead atoms. The van der Waals surface area contributed by atoms with Crippen LogP contribution in [0.15, 0.2) is 24.5 Å². The van der Waals surface area contributed by atoms with Gasteiger partial charge < -0.3 is 15.0 Å². The lowest BCUT2D eigenvalue weighted by Crippen LogP contribution is -2.57. The Morgan fingerprint density at radius 1 is 1.41 bits per heavy atom. The Balaban J connectivity index is 2.19. The molecule has 1 saturated heterocycles. The van der Waals surface area contributed by atoms with Crippen LogP contribution in [0, 0.1) is 0 Å². The van der Waals surface area contributed by atoms with Crippen molar-refractivity contribution < 1.29 is 9.53 Å². The van der Waals surface area contributed by atoms with Crippen molar-refractivity contribution in [3.8, 4) is 0 Å². The molecule has 2 heterocycles. The van der Waals surface area contributed by atoms with Gasteiger partial charge in [-0.3, -0.25) is 4.98 Å². The number of hydrogen-bond acceptors (Lipinski definition) is 4. The summed E-state index contributed by atoms with van der Waals surface area (Å²) in [5.41, 5.74) is 0.462. The third-order valence-corrected chi connectivity index (χ3v) is 4.17. The first-order chi connectivity index (χ1) is 10.3. The van der Waals surface area contributed by atoms with Crippen LogP contribution in [-0.4, -0.2) is 47.3 Å². The van der Waals surface area contributed by atoms with Crippen LogP contribution in [0.25, 0.3) is 0 Å². The Hall–Kier alpha value is -1.62. The number of hydrogen-bond donors (Lipinski definition) is 1. The summed E-state index contributed by atoms with van der Waals surface area (Å²) in [4.78, 5) is 18.5. The van der Waals surface area contributed by atoms with E-state index in [1.54, 1.807) is 11.1 Å². The minimum Gasteiger partial charge on any atom is -0.444 e. The Morgan fingerprint density at radius 3 is 2.64 bits per heavy atom. The van der Waals surface area contributed by atoms with Gasteiger partial charge in [0, 0.05) is 19.4 Å². The summed E-state index contributed by atoms with van der Waals surface area (Å²) in [6.45, 7) is 7.51. The molecular formula is C17H27N3O2. The van der Waals surface area contributed by atoms with Gasteiger partial charge in [0.05, 0.1) is 5.54 Å². The van der Waals surface area contributed by atoms with E-state index >= 15 is 0 Å². The highest BCUT2D eigenvalue weighted by Crippen LogP contribution is 2.30. The molecule has 0 saturated carbocycles. The van der Waals surface area contributed by atoms with Gasteiger partial charge in [0.2, 0.25) is 0 Å². The number of ether oxygens (including phenoxy) is 1. The van der Waals surface area contributed by atoms with Crippen LogP contribution < -0.4 is 5.32 Å². The zero-order valence-corrected chi connectivity index (χ0v) is 14.1. The van der Waals surface area contributed by atoms with Crippen LogP contribution in [0.3, 0.4) is 0 Å². The lowest BCUT2D eigenvalue weighted by atomic mass is 9.81. The van der Waals surface area contributed by atoms with E-state index in [0.29, 0.717) is 0 Å². The van der Waals surface area contributed by atoms with Gasteiger partial charge in [-0.25, -0.2) is 4.79 Å². The number of nitrogens with one attached hydrogen (secondary N) is 1. The van der Waals surface area contributed by atoms with Crippen molar-refractivity contribution in [3.05, 3.63) is 30.1 Å². The van der Waals surface area contributed by atoms with Crippen molar-refractivity contribution in [3.63, 3.8) is 0 Å². The van der Waals surface area contributed by atoms with E-state index in [4.69, 9.17) is 4.74 Å². The highest BCUT2D eigenvalue weighted by atomic mass is 16.6. The molecule has 1 aromatic heterocycles. The van der Waals surface area contributed by atoms with E-state index in [1.165, 1.54) is 0 Å². The molecule has 5 nitrogen and oxygen atoms in total. The van der Waals surface area contributed by atoms with Gasteiger partial charge in [0.25, 0.3) is 0 Å². The lowest BCUT2D eigenvalue weighted by molar-refractivity contribution is -0.00220. The number of carbonyl (C=O) groups is 1. The van der Waals surface area contributed by atoms with Gasteiger partial charge in [-0.15, -0.1) is 0 Å². The number of amides is 1. The standard InChI is InChI=1S/C17H27N3O2/c1-16(2,3)22-15(21)20(4)17(7-10-18-11-8-17)12-14-6-5-9-19-13-14/h5-6,9,13,18H,7-8,10-12H2,1-4H3. The summed E-state index contributed by atoms with van der Waals surface area (Å²) in [6, 6.07) is 4.01. The molecule has 122 valence electrons. The predicted molar refractivity (Wildman–Crippen MR) is 86.8 cm³/mol. The van der Waals surface area contributed by atoms with Gasteiger partial charge in [-0.2, -0.15) is 0 Å². The van der Waals surface area contributed by atoms with Crippen molar-refractivity contribution in [1.29, 1.82) is 0 Å². The third kappa shape index (κ3) is 4.19. The van der Waals surface area contributed by atoms with Gasteiger partial charge >= 0.3 is 6.09 Å². The van der Waals surface area contributed by atoms with Crippen LogP contribution in [-0.2, 0) is 11.2 Å². The molecule has 0 unspecified atom stereocenters. The summed E-state index contributed by atoms with van der Waals surface area (Å²) in [5.74, 6) is 0. The first-order valence-corrected chi connectivity index (χ1v) is 7.89. The normalized spacial score (nSPS) is 17.8. The van der Waals surface area contributed by atoms with Crippen molar-refractivity contribution in [1.82, 2.24) is 15.2 Å². The van der Waals surface area contributed by atoms with Crippen LogP contribution in [0.4, 0.5) is 4.79 Å². The highest BCUT2D eigenvalue weighted by molar-refractivity contribution is 5.69. The van der Waals surface area contributed by atoms with E-state index in [9.17, 15) is 4.79 Å². The van der Waals surface area contributed by atoms with E-state index in [1.807, 2.05) is 40.1 Å².